The molecule has 3 rings (SSSR count). The minimum atomic E-state index is -0.242. The number of carbonyl (C=O) groups excluding carboxylic acids is 1. The Hall–Kier alpha value is -1.86. The van der Waals surface area contributed by atoms with Crippen LogP contribution in [0.25, 0.3) is 6.08 Å². The number of ether oxygens (including phenoxy) is 1. The quantitative estimate of drug-likeness (QED) is 0.557. The predicted octanol–water partition coefficient (Wildman–Crippen LogP) is 4.26. The highest BCUT2D eigenvalue weighted by molar-refractivity contribution is 14.1. The van der Waals surface area contributed by atoms with Gasteiger partial charge in [-0.1, -0.05) is 23.7 Å². The van der Waals surface area contributed by atoms with Gasteiger partial charge in [-0.3, -0.25) is 4.79 Å². The lowest BCUT2D eigenvalue weighted by molar-refractivity contribution is -0.115. The summed E-state index contributed by atoms with van der Waals surface area (Å²) in [6, 6.07) is 13.1. The Morgan fingerprint density at radius 1 is 1.25 bits per heavy atom. The van der Waals surface area contributed by atoms with Crippen molar-refractivity contribution in [3.8, 4) is 5.75 Å². The van der Waals surface area contributed by atoms with Crippen LogP contribution in [0.1, 0.15) is 18.1 Å². The molecule has 2 aromatic rings. The van der Waals surface area contributed by atoms with Crippen LogP contribution in [0.2, 0.25) is 5.02 Å². The van der Waals surface area contributed by atoms with Gasteiger partial charge in [-0.25, -0.2) is 4.99 Å². The van der Waals surface area contributed by atoms with Gasteiger partial charge in [-0.15, -0.1) is 0 Å². The van der Waals surface area contributed by atoms with Crippen molar-refractivity contribution >= 4 is 52.0 Å². The molecule has 122 valence electrons. The number of aliphatic imine (C=N–C) groups is 1. The second kappa shape index (κ2) is 7.36. The van der Waals surface area contributed by atoms with Crippen molar-refractivity contribution in [1.29, 1.82) is 0 Å². The van der Waals surface area contributed by atoms with Gasteiger partial charge in [-0.05, 0) is 71.5 Å². The van der Waals surface area contributed by atoms with E-state index in [1.54, 1.807) is 12.1 Å². The number of rotatable bonds is 4. The molecule has 1 amide bonds. The molecule has 0 radical (unpaired) electrons. The molecular formula is C18H14ClIN2O2. The molecule has 2 aromatic carbocycles. The number of nitrogens with zero attached hydrogens (tertiary/aromatic N) is 1. The third kappa shape index (κ3) is 3.79. The van der Waals surface area contributed by atoms with E-state index in [1.165, 1.54) is 0 Å². The Bertz CT molecular complexity index is 845. The van der Waals surface area contributed by atoms with Crippen molar-refractivity contribution in [2.24, 2.45) is 4.99 Å². The molecule has 6 heteroatoms. The van der Waals surface area contributed by atoms with Gasteiger partial charge in [0.25, 0.3) is 5.91 Å². The highest BCUT2D eigenvalue weighted by Crippen LogP contribution is 2.23. The van der Waals surface area contributed by atoms with Crippen LogP contribution in [0.15, 0.2) is 53.2 Å². The molecule has 1 heterocycles. The molecule has 24 heavy (non-hydrogen) atoms. The second-order valence-electron chi connectivity index (χ2n) is 5.07. The van der Waals surface area contributed by atoms with Crippen molar-refractivity contribution in [2.45, 2.75) is 6.92 Å². The summed E-state index contributed by atoms with van der Waals surface area (Å²) >= 11 is 8.40. The molecule has 1 aliphatic heterocycles. The highest BCUT2D eigenvalue weighted by atomic mass is 127. The van der Waals surface area contributed by atoms with E-state index in [9.17, 15) is 4.79 Å². The largest absolute Gasteiger partial charge is 0.494 e. The molecule has 0 saturated heterocycles. The van der Waals surface area contributed by atoms with Crippen LogP contribution in [0.3, 0.4) is 0 Å². The number of nitrogens with one attached hydrogen (secondary N) is 1. The van der Waals surface area contributed by atoms with E-state index in [1.807, 2.05) is 43.3 Å². The normalized spacial score (nSPS) is 15.4. The summed E-state index contributed by atoms with van der Waals surface area (Å²) in [6.07, 6.45) is 1.74. The molecule has 0 aliphatic carbocycles. The Kier molecular flexibility index (Phi) is 5.20. The maximum absolute atomic E-state index is 12.2. The zero-order chi connectivity index (χ0) is 17.1. The van der Waals surface area contributed by atoms with Crippen LogP contribution < -0.4 is 10.1 Å². The van der Waals surface area contributed by atoms with Crippen molar-refractivity contribution in [1.82, 2.24) is 5.32 Å². The summed E-state index contributed by atoms with van der Waals surface area (Å²) in [5.41, 5.74) is 1.94. The summed E-state index contributed by atoms with van der Waals surface area (Å²) in [4.78, 5) is 16.6. The molecule has 0 unspecified atom stereocenters. The third-order valence-corrected chi connectivity index (χ3v) is 4.38. The fraction of sp³-hybridized carbons (Fsp3) is 0.111. The molecule has 0 aromatic heterocycles. The Balaban J connectivity index is 1.89. The molecule has 0 spiro atoms. The van der Waals surface area contributed by atoms with E-state index in [0.717, 1.165) is 14.9 Å². The first-order valence-corrected chi connectivity index (χ1v) is 8.82. The van der Waals surface area contributed by atoms with Crippen LogP contribution in [-0.4, -0.2) is 18.3 Å². The van der Waals surface area contributed by atoms with Gasteiger partial charge in [0.2, 0.25) is 0 Å². The van der Waals surface area contributed by atoms with E-state index in [0.29, 0.717) is 28.7 Å². The maximum atomic E-state index is 12.2. The van der Waals surface area contributed by atoms with Crippen molar-refractivity contribution in [3.63, 3.8) is 0 Å². The van der Waals surface area contributed by atoms with Gasteiger partial charge in [0, 0.05) is 9.13 Å². The molecule has 0 saturated carbocycles. The second-order valence-corrected chi connectivity index (χ2v) is 6.72. The molecular weight excluding hydrogens is 439 g/mol. The fourth-order valence-corrected chi connectivity index (χ4v) is 2.96. The molecule has 0 atom stereocenters. The van der Waals surface area contributed by atoms with Crippen LogP contribution >= 0.6 is 34.2 Å². The van der Waals surface area contributed by atoms with Gasteiger partial charge in [0.05, 0.1) is 11.6 Å². The van der Waals surface area contributed by atoms with E-state index in [2.05, 4.69) is 32.9 Å². The minimum Gasteiger partial charge on any atom is -0.494 e. The minimum absolute atomic E-state index is 0.242. The monoisotopic (exact) mass is 452 g/mol. The molecule has 0 bridgehead atoms. The number of amidine groups is 1. The first kappa shape index (κ1) is 17.0. The number of hydrogen-bond donors (Lipinski definition) is 1. The van der Waals surface area contributed by atoms with Gasteiger partial charge < -0.3 is 10.1 Å². The van der Waals surface area contributed by atoms with Gasteiger partial charge in [-0.2, -0.15) is 0 Å². The molecule has 4 nitrogen and oxygen atoms in total. The van der Waals surface area contributed by atoms with Crippen LogP contribution in [0.5, 0.6) is 5.75 Å². The van der Waals surface area contributed by atoms with Crippen LogP contribution in [0.4, 0.5) is 0 Å². The van der Waals surface area contributed by atoms with Crippen molar-refractivity contribution in [2.75, 3.05) is 6.61 Å². The van der Waals surface area contributed by atoms with E-state index >= 15 is 0 Å². The number of amides is 1. The lowest BCUT2D eigenvalue weighted by Crippen LogP contribution is -2.25. The average Bonchev–Trinajstić information content (AvgIpc) is 2.92. The Morgan fingerprint density at radius 2 is 2.00 bits per heavy atom. The van der Waals surface area contributed by atoms with Crippen molar-refractivity contribution in [3.05, 3.63) is 67.9 Å². The van der Waals surface area contributed by atoms with Gasteiger partial charge >= 0.3 is 0 Å². The zero-order valence-electron chi connectivity index (χ0n) is 12.8. The average molecular weight is 453 g/mol. The predicted molar refractivity (Wildman–Crippen MR) is 104 cm³/mol. The van der Waals surface area contributed by atoms with Gasteiger partial charge in [0.15, 0.2) is 0 Å². The highest BCUT2D eigenvalue weighted by Gasteiger charge is 2.22. The van der Waals surface area contributed by atoms with Crippen molar-refractivity contribution < 1.29 is 9.53 Å². The fourth-order valence-electron chi connectivity index (χ4n) is 2.26. The van der Waals surface area contributed by atoms with Gasteiger partial charge in [0.1, 0.15) is 17.3 Å². The molecule has 0 fully saturated rings. The lowest BCUT2D eigenvalue weighted by atomic mass is 10.2. The topological polar surface area (TPSA) is 50.7 Å². The van der Waals surface area contributed by atoms with E-state index < -0.39 is 0 Å². The Morgan fingerprint density at radius 3 is 2.71 bits per heavy atom. The summed E-state index contributed by atoms with van der Waals surface area (Å²) < 4.78 is 6.43. The maximum Gasteiger partial charge on any atom is 0.275 e. The van der Waals surface area contributed by atoms with Crippen LogP contribution in [0, 0.1) is 3.57 Å². The molecule has 1 aliphatic rings. The standard InChI is InChI=1S/C18H14ClIN2O2/c1-2-24-13-6-3-11(4-7-13)9-16-18(23)22-17(21-16)14-10-12(20)5-8-15(14)19/h3-10H,2H2,1H3,(H,21,22,23)/b16-9+. The van der Waals surface area contributed by atoms with E-state index in [4.69, 9.17) is 16.3 Å². The summed E-state index contributed by atoms with van der Waals surface area (Å²) in [5, 5.41) is 3.32. The number of benzene rings is 2. The van der Waals surface area contributed by atoms with Crippen LogP contribution in [-0.2, 0) is 4.79 Å². The number of carbonyl (C=O) groups is 1. The number of halogens is 2. The summed E-state index contributed by atoms with van der Waals surface area (Å²) in [7, 11) is 0. The van der Waals surface area contributed by atoms with E-state index in [-0.39, 0.29) is 5.91 Å². The SMILES string of the molecule is CCOc1ccc(/C=C2/N=C(c3cc(I)ccc3Cl)NC2=O)cc1. The lowest BCUT2D eigenvalue weighted by Gasteiger charge is -2.03. The Labute approximate surface area is 158 Å². The molecule has 1 N–H and O–H groups in total. The third-order valence-electron chi connectivity index (χ3n) is 3.37. The first-order valence-electron chi connectivity index (χ1n) is 7.37. The number of hydrogen-bond acceptors (Lipinski definition) is 3. The summed E-state index contributed by atoms with van der Waals surface area (Å²) in [6.45, 7) is 2.55. The summed E-state index contributed by atoms with van der Waals surface area (Å²) in [5.74, 6) is 1.03. The zero-order valence-corrected chi connectivity index (χ0v) is 15.8. The first-order chi connectivity index (χ1) is 11.6. The smallest absolute Gasteiger partial charge is 0.275 e.